The molecular formula is C16H28O5S. The van der Waals surface area contributed by atoms with E-state index in [4.69, 9.17) is 9.47 Å². The van der Waals surface area contributed by atoms with Crippen LogP contribution in [0.4, 0.5) is 0 Å². The molecule has 0 spiro atoms. The van der Waals surface area contributed by atoms with Gasteiger partial charge >= 0.3 is 11.9 Å². The Kier molecular flexibility index (Phi) is 8.74. The van der Waals surface area contributed by atoms with Crippen LogP contribution in [0, 0.1) is 11.8 Å². The number of carbonyl (C=O) groups excluding carboxylic acids is 3. The van der Waals surface area contributed by atoms with Gasteiger partial charge in [0.15, 0.2) is 0 Å². The second kappa shape index (κ2) is 9.18. The van der Waals surface area contributed by atoms with Crippen molar-refractivity contribution in [1.29, 1.82) is 0 Å². The van der Waals surface area contributed by atoms with Crippen molar-refractivity contribution in [3.63, 3.8) is 0 Å². The molecule has 0 aliphatic rings. The fraction of sp³-hybridized carbons (Fsp3) is 0.812. The van der Waals surface area contributed by atoms with Gasteiger partial charge in [-0.25, -0.2) is 4.79 Å². The van der Waals surface area contributed by atoms with Crippen molar-refractivity contribution in [3.05, 3.63) is 0 Å². The molecule has 0 aromatic carbocycles. The van der Waals surface area contributed by atoms with Crippen LogP contribution in [0.2, 0.25) is 0 Å². The van der Waals surface area contributed by atoms with Gasteiger partial charge in [0.1, 0.15) is 11.4 Å². The molecule has 0 N–H and O–H groups in total. The average molecular weight is 332 g/mol. The first-order valence-corrected chi connectivity index (χ1v) is 8.84. The first-order chi connectivity index (χ1) is 9.99. The van der Waals surface area contributed by atoms with Crippen LogP contribution in [-0.2, 0) is 23.9 Å². The summed E-state index contributed by atoms with van der Waals surface area (Å²) in [4.78, 5) is 36.3. The molecule has 0 saturated carbocycles. The van der Waals surface area contributed by atoms with Crippen LogP contribution < -0.4 is 0 Å². The largest absolute Gasteiger partial charge is 0.457 e. The van der Waals surface area contributed by atoms with Crippen LogP contribution in [0.5, 0.6) is 0 Å². The molecule has 2 unspecified atom stereocenters. The minimum absolute atomic E-state index is 0.131. The summed E-state index contributed by atoms with van der Waals surface area (Å²) in [5, 5.41) is 0. The van der Waals surface area contributed by atoms with E-state index in [-0.39, 0.29) is 18.1 Å². The van der Waals surface area contributed by atoms with Gasteiger partial charge < -0.3 is 9.47 Å². The van der Waals surface area contributed by atoms with Gasteiger partial charge in [0.2, 0.25) is 6.10 Å². The van der Waals surface area contributed by atoms with Crippen molar-refractivity contribution in [1.82, 2.24) is 0 Å². The summed E-state index contributed by atoms with van der Waals surface area (Å²) in [6.45, 7) is 10.3. The second-order valence-electron chi connectivity index (χ2n) is 6.53. The topological polar surface area (TPSA) is 69.7 Å². The monoisotopic (exact) mass is 332 g/mol. The lowest BCUT2D eigenvalue weighted by atomic mass is 9.92. The fourth-order valence-electron chi connectivity index (χ4n) is 1.78. The van der Waals surface area contributed by atoms with Gasteiger partial charge in [-0.3, -0.25) is 9.59 Å². The third-order valence-electron chi connectivity index (χ3n) is 2.88. The molecule has 0 rings (SSSR count). The predicted octanol–water partition coefficient (Wildman–Crippen LogP) is 2.85. The molecule has 0 amide bonds. The Morgan fingerprint density at radius 1 is 1.09 bits per heavy atom. The number of ketones is 1. The first kappa shape index (κ1) is 21.0. The van der Waals surface area contributed by atoms with Gasteiger partial charge in [0, 0.05) is 11.7 Å². The molecule has 5 nitrogen and oxygen atoms in total. The quantitative estimate of drug-likeness (QED) is 0.637. The van der Waals surface area contributed by atoms with Gasteiger partial charge in [-0.15, -0.1) is 0 Å². The summed E-state index contributed by atoms with van der Waals surface area (Å²) in [5.41, 5.74) is -0.707. The summed E-state index contributed by atoms with van der Waals surface area (Å²) in [5.74, 6) is -1.67. The van der Waals surface area contributed by atoms with E-state index in [2.05, 4.69) is 0 Å². The van der Waals surface area contributed by atoms with E-state index in [1.54, 1.807) is 41.5 Å². The van der Waals surface area contributed by atoms with Crippen LogP contribution in [0.1, 0.15) is 48.0 Å². The van der Waals surface area contributed by atoms with E-state index in [1.807, 2.05) is 6.26 Å². The molecule has 0 heterocycles. The second-order valence-corrected chi connectivity index (χ2v) is 7.52. The lowest BCUT2D eigenvalue weighted by Gasteiger charge is -2.27. The Morgan fingerprint density at radius 3 is 2.05 bits per heavy atom. The van der Waals surface area contributed by atoms with Crippen molar-refractivity contribution in [3.8, 4) is 0 Å². The van der Waals surface area contributed by atoms with Gasteiger partial charge in [-0.05, 0) is 27.0 Å². The molecule has 0 aromatic heterocycles. The van der Waals surface area contributed by atoms with Crippen LogP contribution in [0.15, 0.2) is 0 Å². The van der Waals surface area contributed by atoms with Crippen molar-refractivity contribution in [2.75, 3.05) is 12.0 Å². The molecule has 22 heavy (non-hydrogen) atoms. The van der Waals surface area contributed by atoms with Gasteiger partial charge in [0.05, 0.1) is 12.3 Å². The number of carbonyl (C=O) groups is 3. The molecule has 0 radical (unpaired) electrons. The highest BCUT2D eigenvalue weighted by Gasteiger charge is 2.37. The highest BCUT2D eigenvalue weighted by atomic mass is 32.2. The van der Waals surface area contributed by atoms with Crippen LogP contribution in [0.25, 0.3) is 0 Å². The van der Waals surface area contributed by atoms with Gasteiger partial charge in [-0.2, -0.15) is 11.8 Å². The zero-order valence-corrected chi connectivity index (χ0v) is 15.4. The maximum absolute atomic E-state index is 12.3. The van der Waals surface area contributed by atoms with Crippen LogP contribution in [-0.4, -0.2) is 41.4 Å². The third kappa shape index (κ3) is 7.82. The summed E-state index contributed by atoms with van der Waals surface area (Å²) < 4.78 is 10.5. The molecule has 0 aromatic rings. The van der Waals surface area contributed by atoms with Crippen molar-refractivity contribution in [2.24, 2.45) is 11.8 Å². The summed E-state index contributed by atoms with van der Waals surface area (Å²) in [7, 11) is 0. The van der Waals surface area contributed by atoms with Crippen molar-refractivity contribution >= 4 is 29.5 Å². The molecule has 0 bridgehead atoms. The normalized spacial score (nSPS) is 14.4. The Morgan fingerprint density at radius 2 is 1.64 bits per heavy atom. The fourth-order valence-corrected chi connectivity index (χ4v) is 2.15. The summed E-state index contributed by atoms with van der Waals surface area (Å²) in [6, 6.07) is 0. The number of ether oxygens (including phenoxy) is 2. The SMILES string of the molecule is CSCCC(=O)OC(C(=O)OC(C)(C)C)C(C)C(=O)C(C)C. The van der Waals surface area contributed by atoms with E-state index < -0.39 is 29.6 Å². The van der Waals surface area contributed by atoms with Crippen LogP contribution in [0.3, 0.4) is 0 Å². The van der Waals surface area contributed by atoms with Crippen molar-refractivity contribution in [2.45, 2.75) is 59.7 Å². The minimum atomic E-state index is -1.19. The maximum Gasteiger partial charge on any atom is 0.348 e. The zero-order valence-electron chi connectivity index (χ0n) is 14.6. The number of thioether (sulfide) groups is 1. The molecule has 0 aliphatic heterocycles. The van der Waals surface area contributed by atoms with E-state index in [0.717, 1.165) is 0 Å². The molecule has 0 aliphatic carbocycles. The predicted molar refractivity (Wildman–Crippen MR) is 87.7 cm³/mol. The highest BCUT2D eigenvalue weighted by Crippen LogP contribution is 2.19. The number of Topliss-reactive ketones (excluding diaryl/α,β-unsaturated/α-hetero) is 1. The Balaban J connectivity index is 5.09. The Labute approximate surface area is 137 Å². The lowest BCUT2D eigenvalue weighted by molar-refractivity contribution is -0.180. The van der Waals surface area contributed by atoms with Gasteiger partial charge in [0.25, 0.3) is 0 Å². The molecule has 128 valence electrons. The number of hydrogen-bond donors (Lipinski definition) is 0. The van der Waals surface area contributed by atoms with E-state index in [9.17, 15) is 14.4 Å². The third-order valence-corrected chi connectivity index (χ3v) is 3.49. The maximum atomic E-state index is 12.3. The molecule has 6 heteroatoms. The van der Waals surface area contributed by atoms with Crippen LogP contribution >= 0.6 is 11.8 Å². The smallest absolute Gasteiger partial charge is 0.348 e. The number of esters is 2. The summed E-state index contributed by atoms with van der Waals surface area (Å²) >= 11 is 1.51. The lowest BCUT2D eigenvalue weighted by Crippen LogP contribution is -2.42. The van der Waals surface area contributed by atoms with E-state index in [0.29, 0.717) is 5.75 Å². The van der Waals surface area contributed by atoms with Gasteiger partial charge in [-0.1, -0.05) is 20.8 Å². The standard InChI is InChI=1S/C16H28O5S/c1-10(2)13(18)11(3)14(15(19)21-16(4,5)6)20-12(17)8-9-22-7/h10-11,14H,8-9H2,1-7H3. The zero-order chi connectivity index (χ0) is 17.5. The molecule has 0 fully saturated rings. The average Bonchev–Trinajstić information content (AvgIpc) is 2.38. The number of hydrogen-bond acceptors (Lipinski definition) is 6. The van der Waals surface area contributed by atoms with E-state index in [1.165, 1.54) is 11.8 Å². The Hall–Kier alpha value is -1.04. The molecular weight excluding hydrogens is 304 g/mol. The number of rotatable bonds is 8. The highest BCUT2D eigenvalue weighted by molar-refractivity contribution is 7.98. The summed E-state index contributed by atoms with van der Waals surface area (Å²) in [6.07, 6.45) is 0.885. The molecule has 0 saturated heterocycles. The first-order valence-electron chi connectivity index (χ1n) is 7.44. The van der Waals surface area contributed by atoms with E-state index >= 15 is 0 Å². The van der Waals surface area contributed by atoms with Crippen molar-refractivity contribution < 1.29 is 23.9 Å². The minimum Gasteiger partial charge on any atom is -0.457 e. The Bertz CT molecular complexity index is 398. The molecule has 2 atom stereocenters.